The Morgan fingerprint density at radius 3 is 2.51 bits per heavy atom. The Balaban J connectivity index is 1.44. The van der Waals surface area contributed by atoms with Crippen molar-refractivity contribution in [3.63, 3.8) is 0 Å². The van der Waals surface area contributed by atoms with Gasteiger partial charge in [-0.1, -0.05) is 13.8 Å². The van der Waals surface area contributed by atoms with E-state index in [1.54, 1.807) is 0 Å². The summed E-state index contributed by atoms with van der Waals surface area (Å²) in [5.41, 5.74) is 6.30. The summed E-state index contributed by atoms with van der Waals surface area (Å²) in [5, 5.41) is 6.48. The third-order valence-electron chi connectivity index (χ3n) is 7.48. The lowest BCUT2D eigenvalue weighted by Crippen LogP contribution is -2.43. The zero-order chi connectivity index (χ0) is 24.6. The predicted molar refractivity (Wildman–Crippen MR) is 140 cm³/mol. The molecule has 182 valence electrons. The van der Waals surface area contributed by atoms with Crippen LogP contribution < -0.4 is 15.5 Å². The number of aryl methyl sites for hydroxylation is 1. The highest BCUT2D eigenvalue weighted by Crippen LogP contribution is 2.48. The van der Waals surface area contributed by atoms with Crippen LogP contribution in [0.25, 0.3) is 11.3 Å². The van der Waals surface area contributed by atoms with E-state index in [2.05, 4.69) is 57.3 Å². The Morgan fingerprint density at radius 2 is 1.83 bits per heavy atom. The van der Waals surface area contributed by atoms with E-state index in [4.69, 9.17) is 4.99 Å². The number of nitrogens with zero attached hydrogens (tertiary/aromatic N) is 5. The molecule has 5 rings (SSSR count). The second-order valence-corrected chi connectivity index (χ2v) is 9.33. The van der Waals surface area contributed by atoms with Crippen molar-refractivity contribution in [3.05, 3.63) is 53.6 Å². The van der Waals surface area contributed by atoms with Gasteiger partial charge in [-0.25, -0.2) is 19.3 Å². The summed E-state index contributed by atoms with van der Waals surface area (Å²) in [5.74, 6) is 0.476. The van der Waals surface area contributed by atoms with Crippen molar-refractivity contribution in [2.24, 2.45) is 4.99 Å². The van der Waals surface area contributed by atoms with Crippen molar-refractivity contribution >= 4 is 28.9 Å². The lowest BCUT2D eigenvalue weighted by atomic mass is 9.73. The van der Waals surface area contributed by atoms with Crippen molar-refractivity contribution in [3.8, 4) is 11.3 Å². The molecule has 0 aliphatic carbocycles. The fourth-order valence-electron chi connectivity index (χ4n) is 5.36. The first kappa shape index (κ1) is 23.4. The maximum Gasteiger partial charge on any atom is 0.229 e. The van der Waals surface area contributed by atoms with Gasteiger partial charge in [0.1, 0.15) is 11.5 Å². The SMILES string of the molecule is CCC1(CC)C(C)=Nc2c(C)cc(-c3nc(Nc4ccc(N5CCNCC5)cn4)ncc3F)cc21. The van der Waals surface area contributed by atoms with E-state index in [1.165, 1.54) is 6.20 Å². The van der Waals surface area contributed by atoms with Gasteiger partial charge in [0.15, 0.2) is 5.82 Å². The van der Waals surface area contributed by atoms with Gasteiger partial charge in [-0.15, -0.1) is 0 Å². The van der Waals surface area contributed by atoms with E-state index < -0.39 is 5.82 Å². The molecule has 3 aromatic rings. The molecule has 0 radical (unpaired) electrons. The summed E-state index contributed by atoms with van der Waals surface area (Å²) < 4.78 is 15.0. The number of piperazine rings is 1. The summed E-state index contributed by atoms with van der Waals surface area (Å²) in [4.78, 5) is 20.4. The maximum atomic E-state index is 15.0. The van der Waals surface area contributed by atoms with Crippen molar-refractivity contribution in [2.45, 2.75) is 46.0 Å². The highest BCUT2D eigenvalue weighted by molar-refractivity contribution is 6.01. The molecule has 0 unspecified atom stereocenters. The van der Waals surface area contributed by atoms with Crippen molar-refractivity contribution in [1.29, 1.82) is 0 Å². The van der Waals surface area contributed by atoms with Gasteiger partial charge in [0.25, 0.3) is 0 Å². The number of hydrogen-bond donors (Lipinski definition) is 2. The van der Waals surface area contributed by atoms with Gasteiger partial charge < -0.3 is 15.5 Å². The zero-order valence-electron chi connectivity index (χ0n) is 20.8. The highest BCUT2D eigenvalue weighted by atomic mass is 19.1. The predicted octanol–water partition coefficient (Wildman–Crippen LogP) is 5.30. The number of fused-ring (bicyclic) bond motifs is 1. The molecule has 2 aliphatic rings. The van der Waals surface area contributed by atoms with E-state index in [1.807, 2.05) is 31.3 Å². The van der Waals surface area contributed by atoms with Crippen molar-refractivity contribution in [2.75, 3.05) is 36.4 Å². The minimum atomic E-state index is -0.453. The van der Waals surface area contributed by atoms with Gasteiger partial charge in [0.2, 0.25) is 5.95 Å². The summed E-state index contributed by atoms with van der Waals surface area (Å²) >= 11 is 0. The first-order chi connectivity index (χ1) is 16.9. The standard InChI is InChI=1S/C27H32FN7/c1-5-27(6-2)18(4)32-24-17(3)13-19(14-21(24)27)25-22(28)16-31-26(34-25)33-23-8-7-20(15-30-23)35-11-9-29-10-12-35/h7-8,13-16,29H,5-6,9-12H2,1-4H3,(H,30,31,33,34). The Labute approximate surface area is 205 Å². The lowest BCUT2D eigenvalue weighted by Gasteiger charge is -2.29. The Kier molecular flexibility index (Phi) is 6.23. The van der Waals surface area contributed by atoms with E-state index >= 15 is 0 Å². The summed E-state index contributed by atoms with van der Waals surface area (Å²) in [6.45, 7) is 12.4. The molecule has 0 bridgehead atoms. The van der Waals surface area contributed by atoms with Crippen LogP contribution in [-0.2, 0) is 5.41 Å². The first-order valence-electron chi connectivity index (χ1n) is 12.4. The number of anilines is 3. The van der Waals surface area contributed by atoms with Gasteiger partial charge in [0.05, 0.1) is 23.8 Å². The third-order valence-corrected chi connectivity index (χ3v) is 7.48. The molecule has 4 heterocycles. The molecule has 1 aromatic carbocycles. The largest absolute Gasteiger partial charge is 0.368 e. The van der Waals surface area contributed by atoms with Gasteiger partial charge in [-0.2, -0.15) is 0 Å². The number of aliphatic imine (C=N–C) groups is 1. The molecule has 0 spiro atoms. The molecular weight excluding hydrogens is 441 g/mol. The van der Waals surface area contributed by atoms with Gasteiger partial charge in [-0.05, 0) is 62.1 Å². The average molecular weight is 474 g/mol. The third kappa shape index (κ3) is 4.16. The Bertz CT molecular complexity index is 1260. The molecule has 2 aromatic heterocycles. The van der Waals surface area contributed by atoms with Crippen molar-refractivity contribution < 1.29 is 4.39 Å². The summed E-state index contributed by atoms with van der Waals surface area (Å²) in [6, 6.07) is 7.96. The van der Waals surface area contributed by atoms with Crippen LogP contribution in [0.5, 0.6) is 0 Å². The van der Waals surface area contributed by atoms with Crippen molar-refractivity contribution in [1.82, 2.24) is 20.3 Å². The summed E-state index contributed by atoms with van der Waals surface area (Å²) in [7, 11) is 0. The highest BCUT2D eigenvalue weighted by Gasteiger charge is 2.39. The van der Waals surface area contributed by atoms with Crippen LogP contribution >= 0.6 is 0 Å². The van der Waals surface area contributed by atoms with Gasteiger partial charge in [0, 0.05) is 42.9 Å². The molecule has 0 atom stereocenters. The second kappa shape index (κ2) is 9.34. The molecule has 1 saturated heterocycles. The van der Waals surface area contributed by atoms with Crippen LogP contribution in [-0.4, -0.2) is 46.8 Å². The summed E-state index contributed by atoms with van der Waals surface area (Å²) in [6.07, 6.45) is 4.96. The molecule has 0 amide bonds. The number of benzene rings is 1. The zero-order valence-corrected chi connectivity index (χ0v) is 20.8. The van der Waals surface area contributed by atoms with Crippen LogP contribution in [0, 0.1) is 12.7 Å². The normalized spacial score (nSPS) is 16.7. The molecule has 8 heteroatoms. The number of rotatable bonds is 6. The quantitative estimate of drug-likeness (QED) is 0.506. The topological polar surface area (TPSA) is 78.3 Å². The van der Waals surface area contributed by atoms with E-state index in [0.717, 1.165) is 72.8 Å². The molecule has 7 nitrogen and oxygen atoms in total. The van der Waals surface area contributed by atoms with Crippen LogP contribution in [0.2, 0.25) is 0 Å². The van der Waals surface area contributed by atoms with E-state index in [-0.39, 0.29) is 11.1 Å². The van der Waals surface area contributed by atoms with Crippen LogP contribution in [0.15, 0.2) is 41.7 Å². The molecule has 35 heavy (non-hydrogen) atoms. The number of halogens is 1. The number of aromatic nitrogens is 3. The van der Waals surface area contributed by atoms with Gasteiger partial charge >= 0.3 is 0 Å². The minimum absolute atomic E-state index is 0.114. The molecule has 1 fully saturated rings. The molecule has 2 N–H and O–H groups in total. The Hall–Kier alpha value is -3.39. The Morgan fingerprint density at radius 1 is 1.06 bits per heavy atom. The fourth-order valence-corrected chi connectivity index (χ4v) is 5.36. The van der Waals surface area contributed by atoms with E-state index in [0.29, 0.717) is 11.8 Å². The van der Waals surface area contributed by atoms with Crippen LogP contribution in [0.3, 0.4) is 0 Å². The smallest absolute Gasteiger partial charge is 0.229 e. The monoisotopic (exact) mass is 473 g/mol. The van der Waals surface area contributed by atoms with Crippen LogP contribution in [0.4, 0.5) is 27.5 Å². The number of nitrogens with one attached hydrogen (secondary N) is 2. The van der Waals surface area contributed by atoms with E-state index in [9.17, 15) is 4.39 Å². The average Bonchev–Trinajstić information content (AvgIpc) is 3.18. The molecule has 0 saturated carbocycles. The van der Waals surface area contributed by atoms with Crippen LogP contribution in [0.1, 0.15) is 44.7 Å². The number of pyridine rings is 1. The number of hydrogen-bond acceptors (Lipinski definition) is 7. The minimum Gasteiger partial charge on any atom is -0.368 e. The lowest BCUT2D eigenvalue weighted by molar-refractivity contribution is 0.542. The van der Waals surface area contributed by atoms with Gasteiger partial charge in [-0.3, -0.25) is 4.99 Å². The molecule has 2 aliphatic heterocycles. The second-order valence-electron chi connectivity index (χ2n) is 9.33. The first-order valence-corrected chi connectivity index (χ1v) is 12.4. The molecular formula is C27H32FN7. The fraction of sp³-hybridized carbons (Fsp3) is 0.407. The maximum absolute atomic E-state index is 15.0.